The van der Waals surface area contributed by atoms with E-state index in [1.165, 1.54) is 12.1 Å². The summed E-state index contributed by atoms with van der Waals surface area (Å²) in [6.45, 7) is 0.846. The SMILES string of the molecule is CN(C)c1ccc(C=NNC(=O)C2CCN(c3ccc([N+](=O)[O-])cc3[N+](=O)[O-])CC2)cc1. The van der Waals surface area contributed by atoms with Crippen LogP contribution < -0.4 is 15.2 Å². The van der Waals surface area contributed by atoms with E-state index in [1.54, 1.807) is 11.1 Å². The number of hydrogen-bond acceptors (Lipinski definition) is 8. The highest BCUT2D eigenvalue weighted by Crippen LogP contribution is 2.34. The van der Waals surface area contributed by atoms with Crippen molar-refractivity contribution < 1.29 is 14.6 Å². The van der Waals surface area contributed by atoms with Crippen LogP contribution in [-0.4, -0.2) is 49.2 Å². The van der Waals surface area contributed by atoms with Crippen LogP contribution in [0.2, 0.25) is 0 Å². The molecule has 1 N–H and O–H groups in total. The van der Waals surface area contributed by atoms with Crippen molar-refractivity contribution in [3.63, 3.8) is 0 Å². The third kappa shape index (κ3) is 5.36. The van der Waals surface area contributed by atoms with Crippen molar-refractivity contribution in [3.05, 3.63) is 68.3 Å². The minimum absolute atomic E-state index is 0.205. The lowest BCUT2D eigenvalue weighted by atomic mass is 9.95. The molecule has 3 rings (SSSR count). The molecule has 0 saturated carbocycles. The molecule has 1 amide bonds. The molecule has 1 heterocycles. The molecule has 0 aliphatic carbocycles. The lowest BCUT2D eigenvalue weighted by molar-refractivity contribution is -0.393. The van der Waals surface area contributed by atoms with Gasteiger partial charge in [-0.15, -0.1) is 0 Å². The van der Waals surface area contributed by atoms with Gasteiger partial charge < -0.3 is 9.80 Å². The van der Waals surface area contributed by atoms with Crippen LogP contribution in [-0.2, 0) is 4.79 Å². The Labute approximate surface area is 184 Å². The van der Waals surface area contributed by atoms with Gasteiger partial charge >= 0.3 is 0 Å². The summed E-state index contributed by atoms with van der Waals surface area (Å²) >= 11 is 0. The summed E-state index contributed by atoms with van der Waals surface area (Å²) in [6.07, 6.45) is 2.56. The number of nitro benzene ring substituents is 2. The van der Waals surface area contributed by atoms with E-state index in [0.29, 0.717) is 31.6 Å². The third-order valence-corrected chi connectivity index (χ3v) is 5.37. The zero-order valence-corrected chi connectivity index (χ0v) is 17.8. The Kier molecular flexibility index (Phi) is 6.98. The predicted molar refractivity (Wildman–Crippen MR) is 121 cm³/mol. The van der Waals surface area contributed by atoms with Crippen LogP contribution in [0.3, 0.4) is 0 Å². The molecular formula is C21H24N6O5. The quantitative estimate of drug-likeness (QED) is 0.397. The van der Waals surface area contributed by atoms with Crippen LogP contribution in [0.4, 0.5) is 22.7 Å². The lowest BCUT2D eigenvalue weighted by Crippen LogP contribution is -2.39. The largest absolute Gasteiger partial charge is 0.378 e. The van der Waals surface area contributed by atoms with E-state index in [4.69, 9.17) is 0 Å². The minimum atomic E-state index is -0.662. The van der Waals surface area contributed by atoms with Gasteiger partial charge in [-0.05, 0) is 36.6 Å². The molecular weight excluding hydrogens is 416 g/mol. The van der Waals surface area contributed by atoms with Crippen molar-refractivity contribution in [2.45, 2.75) is 12.8 Å². The smallest absolute Gasteiger partial charge is 0.299 e. The Morgan fingerprint density at radius 3 is 2.31 bits per heavy atom. The highest BCUT2D eigenvalue weighted by atomic mass is 16.6. The van der Waals surface area contributed by atoms with Gasteiger partial charge in [0.15, 0.2) is 0 Å². The number of non-ortho nitro benzene ring substituents is 1. The number of nitro groups is 2. The van der Waals surface area contributed by atoms with Gasteiger partial charge in [-0.25, -0.2) is 5.43 Å². The third-order valence-electron chi connectivity index (χ3n) is 5.37. The second kappa shape index (κ2) is 9.86. The molecule has 0 bridgehead atoms. The first-order valence-electron chi connectivity index (χ1n) is 10.0. The molecule has 2 aromatic carbocycles. The Balaban J connectivity index is 1.57. The van der Waals surface area contributed by atoms with Gasteiger partial charge in [0.2, 0.25) is 5.91 Å². The van der Waals surface area contributed by atoms with Crippen molar-refractivity contribution in [1.29, 1.82) is 0 Å². The maximum absolute atomic E-state index is 12.4. The second-order valence-corrected chi connectivity index (χ2v) is 7.67. The highest BCUT2D eigenvalue weighted by molar-refractivity contribution is 5.84. The molecule has 0 spiro atoms. The Bertz CT molecular complexity index is 1030. The monoisotopic (exact) mass is 440 g/mol. The molecule has 0 radical (unpaired) electrons. The summed E-state index contributed by atoms with van der Waals surface area (Å²) in [5.41, 5.74) is 4.16. The first-order chi connectivity index (χ1) is 15.3. The van der Waals surface area contributed by atoms with Gasteiger partial charge in [0.1, 0.15) is 5.69 Å². The topological polar surface area (TPSA) is 134 Å². The Hall–Kier alpha value is -4.02. The number of rotatable bonds is 7. The number of carbonyl (C=O) groups excluding carboxylic acids is 1. The summed E-state index contributed by atoms with van der Waals surface area (Å²) in [6, 6.07) is 11.3. The van der Waals surface area contributed by atoms with E-state index in [0.717, 1.165) is 17.3 Å². The zero-order valence-electron chi connectivity index (χ0n) is 17.8. The molecule has 2 aromatic rings. The average Bonchev–Trinajstić information content (AvgIpc) is 2.79. The second-order valence-electron chi connectivity index (χ2n) is 7.67. The van der Waals surface area contributed by atoms with E-state index in [1.807, 2.05) is 43.3 Å². The van der Waals surface area contributed by atoms with E-state index in [-0.39, 0.29) is 23.2 Å². The molecule has 1 fully saturated rings. The number of benzene rings is 2. The number of nitrogens with one attached hydrogen (secondary N) is 1. The average molecular weight is 440 g/mol. The summed E-state index contributed by atoms with van der Waals surface area (Å²) in [5, 5.41) is 26.3. The molecule has 0 unspecified atom stereocenters. The normalized spacial score (nSPS) is 14.4. The van der Waals surface area contributed by atoms with Crippen molar-refractivity contribution >= 4 is 34.9 Å². The molecule has 32 heavy (non-hydrogen) atoms. The summed E-state index contributed by atoms with van der Waals surface area (Å²) in [4.78, 5) is 37.2. The number of amides is 1. The number of piperidine rings is 1. The molecule has 11 heteroatoms. The molecule has 168 valence electrons. The lowest BCUT2D eigenvalue weighted by Gasteiger charge is -2.32. The number of anilines is 2. The minimum Gasteiger partial charge on any atom is -0.378 e. The van der Waals surface area contributed by atoms with Gasteiger partial charge in [0.25, 0.3) is 11.4 Å². The van der Waals surface area contributed by atoms with Crippen LogP contribution in [0.25, 0.3) is 0 Å². The van der Waals surface area contributed by atoms with Gasteiger partial charge in [-0.1, -0.05) is 12.1 Å². The number of hydrazone groups is 1. The number of nitrogens with zero attached hydrogens (tertiary/aromatic N) is 5. The van der Waals surface area contributed by atoms with Crippen LogP contribution in [0.5, 0.6) is 0 Å². The van der Waals surface area contributed by atoms with E-state index in [2.05, 4.69) is 10.5 Å². The highest BCUT2D eigenvalue weighted by Gasteiger charge is 2.29. The van der Waals surface area contributed by atoms with Crippen molar-refractivity contribution in [3.8, 4) is 0 Å². The maximum Gasteiger partial charge on any atom is 0.299 e. The fraction of sp³-hybridized carbons (Fsp3) is 0.333. The molecule has 11 nitrogen and oxygen atoms in total. The molecule has 1 saturated heterocycles. The van der Waals surface area contributed by atoms with Crippen molar-refractivity contribution in [2.75, 3.05) is 37.0 Å². The van der Waals surface area contributed by atoms with Crippen LogP contribution >= 0.6 is 0 Å². The zero-order chi connectivity index (χ0) is 23.3. The molecule has 0 atom stereocenters. The van der Waals surface area contributed by atoms with E-state index in [9.17, 15) is 25.0 Å². The summed E-state index contributed by atoms with van der Waals surface area (Å²) in [5.74, 6) is -0.472. The Morgan fingerprint density at radius 1 is 1.09 bits per heavy atom. The fourth-order valence-corrected chi connectivity index (χ4v) is 3.54. The molecule has 1 aliphatic rings. The van der Waals surface area contributed by atoms with Gasteiger partial charge in [-0.3, -0.25) is 25.0 Å². The van der Waals surface area contributed by atoms with Crippen LogP contribution in [0, 0.1) is 26.1 Å². The van der Waals surface area contributed by atoms with E-state index >= 15 is 0 Å². The first-order valence-corrected chi connectivity index (χ1v) is 10.0. The van der Waals surface area contributed by atoms with Crippen LogP contribution in [0.1, 0.15) is 18.4 Å². The molecule has 0 aromatic heterocycles. The number of hydrogen-bond donors (Lipinski definition) is 1. The Morgan fingerprint density at radius 2 is 1.75 bits per heavy atom. The fourth-order valence-electron chi connectivity index (χ4n) is 3.54. The van der Waals surface area contributed by atoms with Crippen LogP contribution in [0.15, 0.2) is 47.6 Å². The van der Waals surface area contributed by atoms with Gasteiger partial charge in [0, 0.05) is 44.9 Å². The number of carbonyl (C=O) groups is 1. The first kappa shape index (κ1) is 22.7. The summed E-state index contributed by atoms with van der Waals surface area (Å²) < 4.78 is 0. The standard InChI is InChI=1S/C21H24N6O5/c1-24(2)17-5-3-15(4-6-17)14-22-23-21(28)16-9-11-25(12-10-16)19-8-7-18(26(29)30)13-20(19)27(31)32/h3-8,13-14,16H,9-12H2,1-2H3,(H,23,28). The van der Waals surface area contributed by atoms with Crippen molar-refractivity contribution in [1.82, 2.24) is 5.43 Å². The molecule has 1 aliphatic heterocycles. The van der Waals surface area contributed by atoms with Gasteiger partial charge in [0.05, 0.1) is 22.1 Å². The maximum atomic E-state index is 12.4. The van der Waals surface area contributed by atoms with Crippen molar-refractivity contribution in [2.24, 2.45) is 11.0 Å². The predicted octanol–water partition coefficient (Wildman–Crippen LogP) is 2.94. The summed E-state index contributed by atoms with van der Waals surface area (Å²) in [7, 11) is 3.91. The van der Waals surface area contributed by atoms with E-state index < -0.39 is 9.85 Å². The van der Waals surface area contributed by atoms with Gasteiger partial charge in [-0.2, -0.15) is 5.10 Å².